The third kappa shape index (κ3) is 8.42. The molecule has 0 spiro atoms. The van der Waals surface area contributed by atoms with Crippen molar-refractivity contribution in [2.24, 2.45) is 17.4 Å². The number of nitrogens with one attached hydrogen (secondary N) is 2. The van der Waals surface area contributed by atoms with Crippen LogP contribution < -0.4 is 22.1 Å². The molecule has 0 radical (unpaired) electrons. The molecule has 11 nitrogen and oxygen atoms in total. The minimum Gasteiger partial charge on any atom is -0.386 e. The fraction of sp³-hybridized carbons (Fsp3) is 0.370. The number of hydrogen-bond donors (Lipinski definition) is 5. The number of anilines is 1. The lowest BCUT2D eigenvalue weighted by Crippen LogP contribution is -2.50. The Bertz CT molecular complexity index is 1350. The second-order valence-corrected chi connectivity index (χ2v) is 9.39. The van der Waals surface area contributed by atoms with Crippen molar-refractivity contribution in [2.45, 2.75) is 31.7 Å². The molecule has 1 heterocycles. The lowest BCUT2D eigenvalue weighted by Gasteiger charge is -2.26. The Morgan fingerprint density at radius 1 is 0.976 bits per heavy atom. The Balaban J connectivity index is 1.83. The van der Waals surface area contributed by atoms with Crippen LogP contribution in [0.4, 0.5) is 19.0 Å². The van der Waals surface area contributed by atoms with Gasteiger partial charge in [-0.3, -0.25) is 14.4 Å². The summed E-state index contributed by atoms with van der Waals surface area (Å²) in [5.74, 6) is -2.93. The molecule has 3 atom stereocenters. The molecule has 14 heteroatoms. The second kappa shape index (κ2) is 14.0. The van der Waals surface area contributed by atoms with E-state index in [0.29, 0.717) is 10.9 Å². The first-order chi connectivity index (χ1) is 19.4. The van der Waals surface area contributed by atoms with E-state index in [4.69, 9.17) is 11.5 Å². The fourth-order valence-electron chi connectivity index (χ4n) is 4.05. The van der Waals surface area contributed by atoms with Gasteiger partial charge in [-0.15, -0.1) is 10.2 Å². The van der Waals surface area contributed by atoms with Crippen LogP contribution in [0.5, 0.6) is 0 Å². The Hall–Kier alpha value is -4.14. The molecule has 3 rings (SSSR count). The van der Waals surface area contributed by atoms with Crippen LogP contribution in [-0.2, 0) is 20.6 Å². The predicted molar refractivity (Wildman–Crippen MR) is 145 cm³/mol. The first-order valence-corrected chi connectivity index (χ1v) is 12.8. The Morgan fingerprint density at radius 2 is 1.61 bits per heavy atom. The van der Waals surface area contributed by atoms with Crippen molar-refractivity contribution in [1.29, 1.82) is 0 Å². The summed E-state index contributed by atoms with van der Waals surface area (Å²) in [6.07, 6.45) is -6.58. The van der Waals surface area contributed by atoms with Gasteiger partial charge >= 0.3 is 6.18 Å². The minimum absolute atomic E-state index is 0.0232. The van der Waals surface area contributed by atoms with E-state index < -0.39 is 41.6 Å². The van der Waals surface area contributed by atoms with Gasteiger partial charge in [-0.2, -0.15) is 13.2 Å². The standard InChI is InChI=1S/C27H32F3N7O4/c1-16(14-22(38)37(12-10-31)13-11-32)25(40)34-23(24(39)17-6-8-19(9-7-17)27(28,29)30)26(41)33-21-15-18-4-2-3-5-20(18)35-36-21/h2-9,15-16,23-24,39H,10-14,31-32H2,1H3,(H,34,40)(H,33,36,41). The number of carbonyl (C=O) groups is 3. The number of rotatable bonds is 12. The molecule has 2 aromatic carbocycles. The monoisotopic (exact) mass is 575 g/mol. The Labute approximate surface area is 234 Å². The van der Waals surface area contributed by atoms with Gasteiger partial charge in [-0.1, -0.05) is 37.3 Å². The molecule has 220 valence electrons. The van der Waals surface area contributed by atoms with E-state index in [9.17, 15) is 32.7 Å². The highest BCUT2D eigenvalue weighted by Crippen LogP contribution is 2.30. The van der Waals surface area contributed by atoms with E-state index >= 15 is 0 Å². The summed E-state index contributed by atoms with van der Waals surface area (Å²) in [4.78, 5) is 40.5. The van der Waals surface area contributed by atoms with Gasteiger partial charge in [0.1, 0.15) is 12.1 Å². The maximum Gasteiger partial charge on any atom is 0.416 e. The molecule has 7 N–H and O–H groups in total. The van der Waals surface area contributed by atoms with Crippen LogP contribution in [0.25, 0.3) is 10.9 Å². The number of fused-ring (bicyclic) bond motifs is 1. The number of aliphatic hydroxyl groups is 1. The fourth-order valence-corrected chi connectivity index (χ4v) is 4.05. The molecular formula is C27H32F3N7O4. The first-order valence-electron chi connectivity index (χ1n) is 12.8. The largest absolute Gasteiger partial charge is 0.416 e. The van der Waals surface area contributed by atoms with Crippen molar-refractivity contribution in [3.63, 3.8) is 0 Å². The quantitative estimate of drug-likeness (QED) is 0.216. The summed E-state index contributed by atoms with van der Waals surface area (Å²) in [6, 6.07) is 10.4. The summed E-state index contributed by atoms with van der Waals surface area (Å²) in [5, 5.41) is 24.6. The van der Waals surface area contributed by atoms with Crippen molar-refractivity contribution >= 4 is 34.4 Å². The number of hydrogen-bond acceptors (Lipinski definition) is 8. The molecule has 3 unspecified atom stereocenters. The van der Waals surface area contributed by atoms with E-state index in [0.717, 1.165) is 24.3 Å². The van der Waals surface area contributed by atoms with Crippen molar-refractivity contribution in [2.75, 3.05) is 31.5 Å². The van der Waals surface area contributed by atoms with Crippen LogP contribution in [0.15, 0.2) is 54.6 Å². The second-order valence-electron chi connectivity index (χ2n) is 9.39. The van der Waals surface area contributed by atoms with Crippen LogP contribution >= 0.6 is 0 Å². The van der Waals surface area contributed by atoms with E-state index in [1.165, 1.54) is 17.9 Å². The van der Waals surface area contributed by atoms with Crippen molar-refractivity contribution in [1.82, 2.24) is 20.4 Å². The van der Waals surface area contributed by atoms with Crippen LogP contribution in [0.1, 0.15) is 30.6 Å². The number of nitrogens with zero attached hydrogens (tertiary/aromatic N) is 3. The summed E-state index contributed by atoms with van der Waals surface area (Å²) in [6.45, 7) is 2.35. The summed E-state index contributed by atoms with van der Waals surface area (Å²) in [7, 11) is 0. The molecule has 0 saturated carbocycles. The van der Waals surface area contributed by atoms with Crippen LogP contribution in [-0.4, -0.2) is 70.1 Å². The van der Waals surface area contributed by atoms with Gasteiger partial charge in [0.05, 0.1) is 11.1 Å². The smallest absolute Gasteiger partial charge is 0.386 e. The van der Waals surface area contributed by atoms with Gasteiger partial charge in [0.2, 0.25) is 11.8 Å². The highest BCUT2D eigenvalue weighted by Gasteiger charge is 2.34. The highest BCUT2D eigenvalue weighted by atomic mass is 19.4. The number of benzene rings is 2. The average Bonchev–Trinajstić information content (AvgIpc) is 2.94. The predicted octanol–water partition coefficient (Wildman–Crippen LogP) is 1.58. The molecule has 3 amide bonds. The number of aromatic nitrogens is 2. The number of amides is 3. The van der Waals surface area contributed by atoms with Crippen molar-refractivity contribution in [3.05, 3.63) is 65.7 Å². The van der Waals surface area contributed by atoms with E-state index in [1.807, 2.05) is 0 Å². The summed E-state index contributed by atoms with van der Waals surface area (Å²) in [5.41, 5.74) is 10.7. The van der Waals surface area contributed by atoms with Gasteiger partial charge in [0.25, 0.3) is 5.91 Å². The average molecular weight is 576 g/mol. The molecule has 0 fully saturated rings. The topological polar surface area (TPSA) is 177 Å². The van der Waals surface area contributed by atoms with E-state index in [2.05, 4.69) is 20.8 Å². The molecule has 0 bridgehead atoms. The lowest BCUT2D eigenvalue weighted by atomic mass is 9.98. The number of halogens is 3. The SMILES string of the molecule is CC(CC(=O)N(CCN)CCN)C(=O)NC(C(=O)Nc1cc2ccccc2nn1)C(O)c1ccc(C(F)(F)F)cc1. The van der Waals surface area contributed by atoms with E-state index in [-0.39, 0.29) is 49.9 Å². The maximum absolute atomic E-state index is 13.3. The molecule has 41 heavy (non-hydrogen) atoms. The molecule has 1 aromatic heterocycles. The minimum atomic E-state index is -4.60. The molecule has 0 aliphatic rings. The van der Waals surface area contributed by atoms with E-state index in [1.54, 1.807) is 24.3 Å². The van der Waals surface area contributed by atoms with Crippen LogP contribution in [0, 0.1) is 5.92 Å². The van der Waals surface area contributed by atoms with Gasteiger partial charge in [-0.05, 0) is 29.8 Å². The summed E-state index contributed by atoms with van der Waals surface area (Å²) >= 11 is 0. The first kappa shape index (κ1) is 31.4. The highest BCUT2D eigenvalue weighted by molar-refractivity contribution is 5.98. The normalized spacial score (nSPS) is 13.7. The third-order valence-electron chi connectivity index (χ3n) is 6.30. The Kier molecular flexibility index (Phi) is 10.7. The number of carbonyl (C=O) groups excluding carboxylic acids is 3. The lowest BCUT2D eigenvalue weighted by molar-refractivity contribution is -0.138. The zero-order valence-electron chi connectivity index (χ0n) is 22.3. The zero-order chi connectivity index (χ0) is 30.2. The molecule has 0 aliphatic carbocycles. The molecule has 3 aromatic rings. The molecular weight excluding hydrogens is 543 g/mol. The van der Waals surface area contributed by atoms with Gasteiger partial charge in [-0.25, -0.2) is 0 Å². The third-order valence-corrected chi connectivity index (χ3v) is 6.30. The number of alkyl halides is 3. The molecule has 0 aliphatic heterocycles. The maximum atomic E-state index is 13.3. The van der Waals surface area contributed by atoms with Crippen LogP contribution in [0.2, 0.25) is 0 Å². The zero-order valence-corrected chi connectivity index (χ0v) is 22.3. The number of nitrogens with two attached hydrogens (primary N) is 2. The summed E-state index contributed by atoms with van der Waals surface area (Å²) < 4.78 is 39.1. The van der Waals surface area contributed by atoms with Crippen molar-refractivity contribution in [3.8, 4) is 0 Å². The van der Waals surface area contributed by atoms with Gasteiger partial charge in [0, 0.05) is 43.9 Å². The number of aliphatic hydroxyl groups excluding tert-OH is 1. The Morgan fingerprint density at radius 3 is 2.22 bits per heavy atom. The van der Waals surface area contributed by atoms with Gasteiger partial charge in [0.15, 0.2) is 5.82 Å². The molecule has 0 saturated heterocycles. The van der Waals surface area contributed by atoms with Crippen LogP contribution in [0.3, 0.4) is 0 Å². The van der Waals surface area contributed by atoms with Gasteiger partial charge < -0.3 is 32.1 Å². The van der Waals surface area contributed by atoms with Crippen molar-refractivity contribution < 1.29 is 32.7 Å².